The molecule has 1 aromatic heterocycles. The molecule has 0 aliphatic rings. The summed E-state index contributed by atoms with van der Waals surface area (Å²) in [7, 11) is 0. The van der Waals surface area contributed by atoms with Crippen molar-refractivity contribution in [3.63, 3.8) is 0 Å². The molecule has 1 N–H and O–H groups in total. The van der Waals surface area contributed by atoms with E-state index in [9.17, 15) is 4.79 Å². The SMILES string of the molecule is Cc1c(C(=O)O)cnn1-c1c(Cl)cccc1Cl. The van der Waals surface area contributed by atoms with Crippen LogP contribution >= 0.6 is 23.2 Å². The standard InChI is InChI=1S/C11H8Cl2N2O2/c1-6-7(11(16)17)5-14-15(6)10-8(12)3-2-4-9(10)13/h2-5H,1H3,(H,16,17). The highest BCUT2D eigenvalue weighted by molar-refractivity contribution is 6.37. The second-order valence-electron chi connectivity index (χ2n) is 3.43. The van der Waals surface area contributed by atoms with Gasteiger partial charge in [-0.05, 0) is 19.1 Å². The largest absolute Gasteiger partial charge is 0.478 e. The molecule has 2 rings (SSSR count). The number of nitrogens with zero attached hydrogens (tertiary/aromatic N) is 2. The molecule has 0 atom stereocenters. The molecular formula is C11H8Cl2N2O2. The highest BCUT2D eigenvalue weighted by atomic mass is 35.5. The summed E-state index contributed by atoms with van der Waals surface area (Å²) in [5.74, 6) is -1.03. The fourth-order valence-corrected chi connectivity index (χ4v) is 2.09. The lowest BCUT2D eigenvalue weighted by atomic mass is 10.2. The van der Waals surface area contributed by atoms with Crippen molar-refractivity contribution >= 4 is 29.2 Å². The van der Waals surface area contributed by atoms with Crippen LogP contribution in [0.4, 0.5) is 0 Å². The summed E-state index contributed by atoms with van der Waals surface area (Å²) < 4.78 is 1.42. The number of hydrogen-bond donors (Lipinski definition) is 1. The lowest BCUT2D eigenvalue weighted by Gasteiger charge is -2.08. The Bertz CT molecular complexity index is 573. The fourth-order valence-electron chi connectivity index (χ4n) is 1.54. The summed E-state index contributed by atoms with van der Waals surface area (Å²) in [6.45, 7) is 1.65. The quantitative estimate of drug-likeness (QED) is 0.912. The average Bonchev–Trinajstić information content (AvgIpc) is 2.61. The van der Waals surface area contributed by atoms with Gasteiger partial charge in [-0.2, -0.15) is 5.10 Å². The van der Waals surface area contributed by atoms with E-state index in [0.29, 0.717) is 21.4 Å². The third kappa shape index (κ3) is 2.01. The topological polar surface area (TPSA) is 55.1 Å². The number of carboxylic acid groups (broad SMARTS) is 1. The molecule has 0 aliphatic carbocycles. The molecule has 1 heterocycles. The fraction of sp³-hybridized carbons (Fsp3) is 0.0909. The van der Waals surface area contributed by atoms with Crippen LogP contribution in [-0.2, 0) is 0 Å². The van der Waals surface area contributed by atoms with Gasteiger partial charge in [0.05, 0.1) is 21.9 Å². The summed E-state index contributed by atoms with van der Waals surface area (Å²) in [4.78, 5) is 10.9. The Hall–Kier alpha value is -1.52. The lowest BCUT2D eigenvalue weighted by molar-refractivity contribution is 0.0696. The maximum atomic E-state index is 10.9. The van der Waals surface area contributed by atoms with Crippen molar-refractivity contribution in [2.24, 2.45) is 0 Å². The number of carboxylic acids is 1. The first-order chi connectivity index (χ1) is 8.02. The number of carbonyl (C=O) groups is 1. The molecule has 2 aromatic rings. The van der Waals surface area contributed by atoms with Crippen molar-refractivity contribution in [2.45, 2.75) is 6.92 Å². The molecule has 0 unspecified atom stereocenters. The molecule has 0 saturated heterocycles. The molecule has 88 valence electrons. The first kappa shape index (κ1) is 12.0. The molecular weight excluding hydrogens is 263 g/mol. The van der Waals surface area contributed by atoms with E-state index < -0.39 is 5.97 Å². The van der Waals surface area contributed by atoms with Crippen LogP contribution in [0.2, 0.25) is 10.0 Å². The zero-order valence-corrected chi connectivity index (χ0v) is 10.3. The lowest BCUT2D eigenvalue weighted by Crippen LogP contribution is -2.03. The number of aromatic nitrogens is 2. The van der Waals surface area contributed by atoms with Gasteiger partial charge in [-0.3, -0.25) is 0 Å². The molecule has 0 aliphatic heterocycles. The maximum absolute atomic E-state index is 10.9. The molecule has 0 spiro atoms. The van der Waals surface area contributed by atoms with Gasteiger partial charge in [0.2, 0.25) is 0 Å². The molecule has 0 bridgehead atoms. The minimum Gasteiger partial charge on any atom is -0.478 e. The van der Waals surface area contributed by atoms with Gasteiger partial charge < -0.3 is 5.11 Å². The highest BCUT2D eigenvalue weighted by Crippen LogP contribution is 2.29. The number of aromatic carboxylic acids is 1. The zero-order valence-electron chi connectivity index (χ0n) is 8.82. The third-order valence-corrected chi connectivity index (χ3v) is 3.00. The van der Waals surface area contributed by atoms with Crippen LogP contribution in [0, 0.1) is 6.92 Å². The Balaban J connectivity index is 2.66. The number of halogens is 2. The van der Waals surface area contributed by atoms with Crippen molar-refractivity contribution in [1.82, 2.24) is 9.78 Å². The van der Waals surface area contributed by atoms with E-state index in [2.05, 4.69) is 5.10 Å². The van der Waals surface area contributed by atoms with E-state index in [4.69, 9.17) is 28.3 Å². The van der Waals surface area contributed by atoms with Crippen molar-refractivity contribution in [2.75, 3.05) is 0 Å². The molecule has 4 nitrogen and oxygen atoms in total. The molecule has 6 heteroatoms. The van der Waals surface area contributed by atoms with Crippen molar-refractivity contribution < 1.29 is 9.90 Å². The minimum atomic E-state index is -1.03. The van der Waals surface area contributed by atoms with Crippen LogP contribution in [0.1, 0.15) is 16.1 Å². The van der Waals surface area contributed by atoms with E-state index in [1.165, 1.54) is 10.9 Å². The molecule has 17 heavy (non-hydrogen) atoms. The first-order valence-corrected chi connectivity index (χ1v) is 5.50. The summed E-state index contributed by atoms with van der Waals surface area (Å²) in [5, 5.41) is 13.8. The Kier molecular flexibility index (Phi) is 3.09. The van der Waals surface area contributed by atoms with E-state index in [1.54, 1.807) is 25.1 Å². The molecule has 1 aromatic carbocycles. The van der Waals surface area contributed by atoms with Gasteiger partial charge in [0.15, 0.2) is 0 Å². The van der Waals surface area contributed by atoms with Crippen LogP contribution in [-0.4, -0.2) is 20.9 Å². The second kappa shape index (κ2) is 4.39. The van der Waals surface area contributed by atoms with Crippen molar-refractivity contribution in [3.05, 3.63) is 45.7 Å². The van der Waals surface area contributed by atoms with Crippen LogP contribution in [0.5, 0.6) is 0 Å². The zero-order chi connectivity index (χ0) is 12.6. The van der Waals surface area contributed by atoms with Crippen LogP contribution in [0.15, 0.2) is 24.4 Å². The van der Waals surface area contributed by atoms with Gasteiger partial charge >= 0.3 is 5.97 Å². The van der Waals surface area contributed by atoms with Gasteiger partial charge in [0.25, 0.3) is 0 Å². The second-order valence-corrected chi connectivity index (χ2v) is 4.25. The Morgan fingerprint density at radius 2 is 1.94 bits per heavy atom. The predicted molar refractivity (Wildman–Crippen MR) is 65.3 cm³/mol. The van der Waals surface area contributed by atoms with Gasteiger partial charge in [-0.25, -0.2) is 9.48 Å². The van der Waals surface area contributed by atoms with Gasteiger partial charge in [-0.1, -0.05) is 29.3 Å². The molecule has 0 fully saturated rings. The van der Waals surface area contributed by atoms with Gasteiger partial charge in [0.1, 0.15) is 11.3 Å². The van der Waals surface area contributed by atoms with Crippen LogP contribution in [0.25, 0.3) is 5.69 Å². The number of hydrogen-bond acceptors (Lipinski definition) is 2. The number of rotatable bonds is 2. The van der Waals surface area contributed by atoms with Crippen molar-refractivity contribution in [3.8, 4) is 5.69 Å². The van der Waals surface area contributed by atoms with Crippen LogP contribution in [0.3, 0.4) is 0 Å². The summed E-state index contributed by atoms with van der Waals surface area (Å²) in [6.07, 6.45) is 1.28. The molecule has 0 saturated carbocycles. The number of benzene rings is 1. The Labute approximate surface area is 107 Å². The summed E-state index contributed by atoms with van der Waals surface area (Å²) in [5.41, 5.74) is 1.09. The van der Waals surface area contributed by atoms with Gasteiger partial charge in [0, 0.05) is 0 Å². The predicted octanol–water partition coefficient (Wildman–Crippen LogP) is 3.19. The Morgan fingerprint density at radius 3 is 2.41 bits per heavy atom. The van der Waals surface area contributed by atoms with E-state index in [1.807, 2.05) is 0 Å². The molecule has 0 radical (unpaired) electrons. The van der Waals surface area contributed by atoms with E-state index in [-0.39, 0.29) is 5.56 Å². The highest BCUT2D eigenvalue weighted by Gasteiger charge is 2.17. The van der Waals surface area contributed by atoms with Crippen LogP contribution < -0.4 is 0 Å². The third-order valence-electron chi connectivity index (χ3n) is 2.39. The van der Waals surface area contributed by atoms with E-state index in [0.717, 1.165) is 0 Å². The van der Waals surface area contributed by atoms with Crippen molar-refractivity contribution in [1.29, 1.82) is 0 Å². The normalized spacial score (nSPS) is 10.5. The van der Waals surface area contributed by atoms with E-state index >= 15 is 0 Å². The Morgan fingerprint density at radius 1 is 1.35 bits per heavy atom. The smallest absolute Gasteiger partial charge is 0.339 e. The summed E-state index contributed by atoms with van der Waals surface area (Å²) >= 11 is 12.1. The summed E-state index contributed by atoms with van der Waals surface area (Å²) in [6, 6.07) is 5.06. The average molecular weight is 271 g/mol. The van der Waals surface area contributed by atoms with Gasteiger partial charge in [-0.15, -0.1) is 0 Å². The first-order valence-electron chi connectivity index (χ1n) is 4.74. The minimum absolute atomic E-state index is 0.126. The monoisotopic (exact) mass is 270 g/mol. The molecule has 0 amide bonds. The number of para-hydroxylation sites is 1. The maximum Gasteiger partial charge on any atom is 0.339 e.